The zero-order valence-electron chi connectivity index (χ0n) is 24.8. The van der Waals surface area contributed by atoms with Gasteiger partial charge in [0.1, 0.15) is 34.8 Å². The van der Waals surface area contributed by atoms with E-state index in [0.717, 1.165) is 24.4 Å². The fourth-order valence-corrected chi connectivity index (χ4v) is 6.34. The van der Waals surface area contributed by atoms with Crippen LogP contribution in [0.5, 0.6) is 5.75 Å². The number of benzene rings is 1. The van der Waals surface area contributed by atoms with Gasteiger partial charge in [-0.05, 0) is 38.2 Å². The van der Waals surface area contributed by atoms with Crippen LogP contribution >= 0.6 is 0 Å². The zero-order valence-corrected chi connectivity index (χ0v) is 24.8. The summed E-state index contributed by atoms with van der Waals surface area (Å²) in [4.78, 5) is 31.4. The van der Waals surface area contributed by atoms with E-state index in [1.165, 1.54) is 7.11 Å². The second-order valence-electron chi connectivity index (χ2n) is 11.8. The second-order valence-corrected chi connectivity index (χ2v) is 11.8. The average Bonchev–Trinajstić information content (AvgIpc) is 3.63. The number of rotatable bonds is 9. The molecule has 3 heterocycles. The number of ether oxygens (including phenoxy) is 2. The Morgan fingerprint density at radius 1 is 1.11 bits per heavy atom. The molecule has 2 saturated heterocycles. The lowest BCUT2D eigenvalue weighted by Crippen LogP contribution is -2.51. The Balaban J connectivity index is 1.45. The average molecular weight is 662 g/mol. The molecular weight excluding hydrogens is 627 g/mol. The summed E-state index contributed by atoms with van der Waals surface area (Å²) in [5, 5.41) is 7.76. The number of halogens is 7. The SMILES string of the molecule is COc1cc(F)c([C@@H]2CN(c3nccc(NCC4CCOC4)c3C(F)(F)F)C(=O)[C@H]2NC(=O)NC2CCC(C(F)F)CC2)c(F)c1. The van der Waals surface area contributed by atoms with Crippen LogP contribution in [0, 0.1) is 23.5 Å². The Labute approximate surface area is 260 Å². The summed E-state index contributed by atoms with van der Waals surface area (Å²) < 4.78 is 111. The molecule has 3 N–H and O–H groups in total. The maximum Gasteiger partial charge on any atom is 0.421 e. The molecule has 1 aromatic carbocycles. The van der Waals surface area contributed by atoms with Gasteiger partial charge >= 0.3 is 12.2 Å². The minimum atomic E-state index is -5.00. The standard InChI is InChI=1S/C30H34F7N5O4/c1-45-18-10-20(31)23(21(32)11-18)19-13-42(28(43)25(19)41-29(44)40-17-4-2-16(3-5-17)26(33)34)27-24(30(35,36)37)22(6-8-38-27)39-12-15-7-9-46-14-15/h6,8,10-11,15-17,19,25-26H,2-5,7,9,12-14H2,1H3,(H,38,39)(H2,40,41,44)/t15?,16?,17?,19-,25-/m0/s1. The zero-order chi connectivity index (χ0) is 33.2. The summed E-state index contributed by atoms with van der Waals surface area (Å²) in [6.07, 6.45) is -4.95. The molecule has 5 rings (SSSR count). The number of aromatic nitrogens is 1. The molecule has 9 nitrogen and oxygen atoms in total. The third-order valence-corrected chi connectivity index (χ3v) is 8.80. The summed E-state index contributed by atoms with van der Waals surface area (Å²) >= 11 is 0. The molecule has 1 saturated carbocycles. The Hall–Kier alpha value is -3.82. The number of urea groups is 1. The van der Waals surface area contributed by atoms with Crippen LogP contribution in [-0.4, -0.2) is 68.8 Å². The predicted molar refractivity (Wildman–Crippen MR) is 152 cm³/mol. The molecule has 3 amide bonds. The second kappa shape index (κ2) is 13.9. The van der Waals surface area contributed by atoms with Crippen LogP contribution in [0.3, 0.4) is 0 Å². The van der Waals surface area contributed by atoms with Crippen molar-refractivity contribution < 1.29 is 49.8 Å². The fourth-order valence-electron chi connectivity index (χ4n) is 6.34. The first kappa shape index (κ1) is 33.5. The summed E-state index contributed by atoms with van der Waals surface area (Å²) in [5.74, 6) is -6.62. The minimum Gasteiger partial charge on any atom is -0.497 e. The molecule has 0 radical (unpaired) electrons. The first-order valence-electron chi connectivity index (χ1n) is 14.9. The van der Waals surface area contributed by atoms with Gasteiger partial charge in [-0.25, -0.2) is 27.3 Å². The summed E-state index contributed by atoms with van der Waals surface area (Å²) in [5.41, 5.74) is -2.23. The number of carbonyl (C=O) groups excluding carboxylic acids is 2. The molecule has 16 heteroatoms. The number of nitrogens with one attached hydrogen (secondary N) is 3. The number of hydrogen-bond donors (Lipinski definition) is 3. The third-order valence-electron chi connectivity index (χ3n) is 8.80. The van der Waals surface area contributed by atoms with Crippen molar-refractivity contribution in [3.8, 4) is 5.75 Å². The normalized spacial score (nSPS) is 25.2. The van der Waals surface area contributed by atoms with Crippen molar-refractivity contribution in [1.82, 2.24) is 15.6 Å². The van der Waals surface area contributed by atoms with Crippen molar-refractivity contribution in [2.24, 2.45) is 11.8 Å². The minimum absolute atomic E-state index is 0.0333. The van der Waals surface area contributed by atoms with Gasteiger partial charge in [0.05, 0.1) is 19.4 Å². The molecular formula is C30H34F7N5O4. The lowest BCUT2D eigenvalue weighted by molar-refractivity contribution is -0.136. The van der Waals surface area contributed by atoms with Crippen LogP contribution in [0.1, 0.15) is 49.1 Å². The monoisotopic (exact) mass is 661 g/mol. The van der Waals surface area contributed by atoms with Crippen molar-refractivity contribution in [3.05, 3.63) is 47.2 Å². The molecule has 2 aliphatic heterocycles. The van der Waals surface area contributed by atoms with E-state index in [4.69, 9.17) is 9.47 Å². The van der Waals surface area contributed by atoms with Crippen LogP contribution in [0.15, 0.2) is 24.4 Å². The molecule has 3 atom stereocenters. The van der Waals surface area contributed by atoms with Gasteiger partial charge in [-0.1, -0.05) is 0 Å². The highest BCUT2D eigenvalue weighted by Gasteiger charge is 2.49. The van der Waals surface area contributed by atoms with E-state index in [-0.39, 0.29) is 49.6 Å². The third kappa shape index (κ3) is 7.26. The molecule has 3 aliphatic rings. The number of carbonyl (C=O) groups is 2. The van der Waals surface area contributed by atoms with Crippen molar-refractivity contribution in [2.75, 3.05) is 43.6 Å². The van der Waals surface area contributed by atoms with E-state index in [9.17, 15) is 31.5 Å². The van der Waals surface area contributed by atoms with E-state index in [0.29, 0.717) is 24.5 Å². The van der Waals surface area contributed by atoms with Crippen molar-refractivity contribution in [3.63, 3.8) is 0 Å². The first-order valence-corrected chi connectivity index (χ1v) is 14.9. The fraction of sp³-hybridized carbons (Fsp3) is 0.567. The number of pyridine rings is 1. The summed E-state index contributed by atoms with van der Waals surface area (Å²) in [7, 11) is 1.18. The number of nitrogens with zero attached hydrogens (tertiary/aromatic N) is 2. The van der Waals surface area contributed by atoms with Crippen molar-refractivity contribution in [1.29, 1.82) is 0 Å². The molecule has 0 spiro atoms. The van der Waals surface area contributed by atoms with Crippen LogP contribution in [-0.2, 0) is 15.7 Å². The van der Waals surface area contributed by atoms with Gasteiger partial charge in [0.15, 0.2) is 0 Å². The highest BCUT2D eigenvalue weighted by Crippen LogP contribution is 2.44. The summed E-state index contributed by atoms with van der Waals surface area (Å²) in [6.45, 7) is 0.371. The van der Waals surface area contributed by atoms with Crippen molar-refractivity contribution in [2.45, 2.75) is 62.7 Å². The highest BCUT2D eigenvalue weighted by atomic mass is 19.4. The Morgan fingerprint density at radius 2 is 1.80 bits per heavy atom. The quantitative estimate of drug-likeness (QED) is 0.309. The van der Waals surface area contributed by atoms with Gasteiger partial charge < -0.3 is 25.4 Å². The maximum absolute atomic E-state index is 15.3. The lowest BCUT2D eigenvalue weighted by Gasteiger charge is -2.29. The van der Waals surface area contributed by atoms with E-state index in [1.54, 1.807) is 0 Å². The number of amides is 3. The predicted octanol–water partition coefficient (Wildman–Crippen LogP) is 5.46. The maximum atomic E-state index is 15.3. The first-order chi connectivity index (χ1) is 21.9. The van der Waals surface area contributed by atoms with E-state index < -0.39 is 83.6 Å². The number of hydrogen-bond acceptors (Lipinski definition) is 6. The van der Waals surface area contributed by atoms with Crippen LogP contribution in [0.4, 0.5) is 47.0 Å². The van der Waals surface area contributed by atoms with Crippen molar-refractivity contribution >= 4 is 23.4 Å². The molecule has 3 fully saturated rings. The van der Waals surface area contributed by atoms with Gasteiger partial charge in [-0.2, -0.15) is 13.2 Å². The van der Waals surface area contributed by atoms with Gasteiger partial charge in [0.25, 0.3) is 5.91 Å². The molecule has 252 valence electrons. The van der Waals surface area contributed by atoms with E-state index in [2.05, 4.69) is 20.9 Å². The molecule has 1 aliphatic carbocycles. The molecule has 0 bridgehead atoms. The molecule has 1 aromatic heterocycles. The summed E-state index contributed by atoms with van der Waals surface area (Å²) in [6, 6.07) is -0.304. The Bertz CT molecular complexity index is 1390. The van der Waals surface area contributed by atoms with Gasteiger partial charge in [0.2, 0.25) is 6.43 Å². The van der Waals surface area contributed by atoms with Crippen LogP contribution in [0.25, 0.3) is 0 Å². The highest BCUT2D eigenvalue weighted by molar-refractivity contribution is 6.03. The van der Waals surface area contributed by atoms with E-state index >= 15 is 8.78 Å². The molecule has 2 aromatic rings. The number of alkyl halides is 5. The van der Waals surface area contributed by atoms with Gasteiger partial charge in [-0.3, -0.25) is 9.69 Å². The lowest BCUT2D eigenvalue weighted by atomic mass is 9.86. The molecule has 46 heavy (non-hydrogen) atoms. The largest absolute Gasteiger partial charge is 0.497 e. The topological polar surface area (TPSA) is 105 Å². The Kier molecular flexibility index (Phi) is 10.1. The number of methoxy groups -OCH3 is 1. The van der Waals surface area contributed by atoms with Crippen LogP contribution < -0.4 is 25.6 Å². The van der Waals surface area contributed by atoms with E-state index in [1.807, 2.05) is 0 Å². The molecule has 1 unspecified atom stereocenters. The van der Waals surface area contributed by atoms with Gasteiger partial charge in [0, 0.05) is 67.4 Å². The Morgan fingerprint density at radius 3 is 2.39 bits per heavy atom. The van der Waals surface area contributed by atoms with Crippen LogP contribution in [0.2, 0.25) is 0 Å². The number of anilines is 2. The van der Waals surface area contributed by atoms with Gasteiger partial charge in [-0.15, -0.1) is 0 Å². The smallest absolute Gasteiger partial charge is 0.421 e.